The maximum atomic E-state index is 13.0. The van der Waals surface area contributed by atoms with E-state index in [-0.39, 0.29) is 11.6 Å². The summed E-state index contributed by atoms with van der Waals surface area (Å²) in [4.78, 5) is 21.8. The van der Waals surface area contributed by atoms with E-state index >= 15 is 0 Å². The second kappa shape index (κ2) is 9.54. The van der Waals surface area contributed by atoms with Gasteiger partial charge in [0.05, 0.1) is 17.8 Å². The minimum Gasteiger partial charge on any atom is -0.331 e. The Hall–Kier alpha value is -1.62. The number of hydrogen-bond acceptors (Lipinski definition) is 3. The molecule has 1 saturated carbocycles. The molecule has 150 valence electrons. The summed E-state index contributed by atoms with van der Waals surface area (Å²) < 4.78 is 0. The normalized spacial score (nSPS) is 20.2. The number of nitrogens with zero attached hydrogens (tertiary/aromatic N) is 3. The van der Waals surface area contributed by atoms with E-state index in [1.807, 2.05) is 19.3 Å². The Labute approximate surface area is 164 Å². The van der Waals surface area contributed by atoms with Gasteiger partial charge in [-0.15, -0.1) is 0 Å². The van der Waals surface area contributed by atoms with Crippen LogP contribution in [0.5, 0.6) is 0 Å². The lowest BCUT2D eigenvalue weighted by molar-refractivity contribution is 0.119. The Morgan fingerprint density at radius 3 is 2.48 bits per heavy atom. The second-order valence-electron chi connectivity index (χ2n) is 8.48. The van der Waals surface area contributed by atoms with E-state index in [1.165, 1.54) is 57.2 Å². The van der Waals surface area contributed by atoms with E-state index in [0.717, 1.165) is 31.5 Å². The zero-order valence-corrected chi connectivity index (χ0v) is 17.2. The quantitative estimate of drug-likeness (QED) is 0.822. The molecule has 0 aromatic carbocycles. The number of carbonyl (C=O) groups excluding carboxylic acids is 1. The number of pyridine rings is 1. The van der Waals surface area contributed by atoms with Gasteiger partial charge in [-0.05, 0) is 56.8 Å². The minimum absolute atomic E-state index is 0.0373. The van der Waals surface area contributed by atoms with Crippen molar-refractivity contribution in [2.24, 2.45) is 0 Å². The molecule has 2 fully saturated rings. The van der Waals surface area contributed by atoms with Crippen LogP contribution in [-0.2, 0) is 13.0 Å². The van der Waals surface area contributed by atoms with Crippen molar-refractivity contribution in [1.82, 2.24) is 20.1 Å². The van der Waals surface area contributed by atoms with E-state index in [9.17, 15) is 4.79 Å². The molecular weight excluding hydrogens is 336 g/mol. The van der Waals surface area contributed by atoms with Crippen molar-refractivity contribution in [2.45, 2.75) is 76.8 Å². The molecule has 5 nitrogen and oxygen atoms in total. The lowest BCUT2D eigenvalue weighted by Gasteiger charge is -2.43. The van der Waals surface area contributed by atoms with Gasteiger partial charge in [-0.1, -0.05) is 38.7 Å². The lowest BCUT2D eigenvalue weighted by atomic mass is 9.81. The molecule has 27 heavy (non-hydrogen) atoms. The minimum atomic E-state index is -0.0551. The molecule has 5 heteroatoms. The van der Waals surface area contributed by atoms with Gasteiger partial charge in [0.25, 0.3) is 0 Å². The van der Waals surface area contributed by atoms with Crippen LogP contribution >= 0.6 is 0 Å². The van der Waals surface area contributed by atoms with Gasteiger partial charge in [-0.25, -0.2) is 4.79 Å². The molecule has 1 aromatic heterocycles. The molecule has 2 heterocycles. The highest BCUT2D eigenvalue weighted by molar-refractivity contribution is 5.74. The van der Waals surface area contributed by atoms with Gasteiger partial charge in [-0.2, -0.15) is 0 Å². The number of aryl methyl sites for hydroxylation is 1. The number of carbonyl (C=O) groups is 1. The van der Waals surface area contributed by atoms with Gasteiger partial charge in [0.2, 0.25) is 0 Å². The van der Waals surface area contributed by atoms with Crippen LogP contribution in [0.15, 0.2) is 18.3 Å². The van der Waals surface area contributed by atoms with Crippen LogP contribution in [0.2, 0.25) is 0 Å². The molecule has 3 rings (SSSR count). The van der Waals surface area contributed by atoms with Crippen molar-refractivity contribution in [3.8, 4) is 0 Å². The van der Waals surface area contributed by atoms with Crippen molar-refractivity contribution in [2.75, 3.05) is 26.7 Å². The van der Waals surface area contributed by atoms with Gasteiger partial charge < -0.3 is 15.1 Å². The standard InChI is InChI=1S/C22H36N4O/c1-3-19-10-11-20(23-16-19)17-25(2)21(27)24-22(12-6-4-7-13-22)18-26-14-8-5-9-15-26/h10-11,16H,3-9,12-15,17-18H2,1-2H3,(H,24,27). The van der Waals surface area contributed by atoms with Crippen molar-refractivity contribution < 1.29 is 4.79 Å². The Balaban J connectivity index is 1.60. The van der Waals surface area contributed by atoms with Crippen molar-refractivity contribution in [3.05, 3.63) is 29.6 Å². The van der Waals surface area contributed by atoms with E-state index < -0.39 is 0 Å². The third kappa shape index (κ3) is 5.68. The zero-order chi connectivity index (χ0) is 19.1. The molecule has 1 N–H and O–H groups in total. The summed E-state index contributed by atoms with van der Waals surface area (Å²) >= 11 is 0. The maximum absolute atomic E-state index is 13.0. The first kappa shape index (κ1) is 20.1. The average molecular weight is 373 g/mol. The number of urea groups is 1. The van der Waals surface area contributed by atoms with Gasteiger partial charge in [-0.3, -0.25) is 4.98 Å². The third-order valence-corrected chi connectivity index (χ3v) is 6.20. The summed E-state index contributed by atoms with van der Waals surface area (Å²) in [5, 5.41) is 3.44. The number of likely N-dealkylation sites (tertiary alicyclic amines) is 1. The number of aromatic nitrogens is 1. The SMILES string of the molecule is CCc1ccc(CN(C)C(=O)NC2(CN3CCCCC3)CCCCC2)nc1. The highest BCUT2D eigenvalue weighted by atomic mass is 16.2. The van der Waals surface area contributed by atoms with Crippen LogP contribution in [0.25, 0.3) is 0 Å². The Kier molecular flexibility index (Phi) is 7.11. The van der Waals surface area contributed by atoms with Crippen molar-refractivity contribution >= 4 is 6.03 Å². The highest BCUT2D eigenvalue weighted by Crippen LogP contribution is 2.30. The summed E-state index contributed by atoms with van der Waals surface area (Å²) in [6.07, 6.45) is 12.8. The summed E-state index contributed by atoms with van der Waals surface area (Å²) in [5.41, 5.74) is 2.12. The van der Waals surface area contributed by atoms with Gasteiger partial charge in [0, 0.05) is 19.8 Å². The van der Waals surface area contributed by atoms with Crippen LogP contribution in [0, 0.1) is 0 Å². The first-order valence-corrected chi connectivity index (χ1v) is 10.8. The van der Waals surface area contributed by atoms with Crippen LogP contribution < -0.4 is 5.32 Å². The first-order chi connectivity index (χ1) is 13.1. The smallest absolute Gasteiger partial charge is 0.317 e. The van der Waals surface area contributed by atoms with Crippen LogP contribution in [0.3, 0.4) is 0 Å². The number of nitrogens with one attached hydrogen (secondary N) is 1. The predicted molar refractivity (Wildman–Crippen MR) is 110 cm³/mol. The van der Waals surface area contributed by atoms with Crippen LogP contribution in [-0.4, -0.2) is 53.0 Å². The first-order valence-electron chi connectivity index (χ1n) is 10.8. The fraction of sp³-hybridized carbons (Fsp3) is 0.727. The maximum Gasteiger partial charge on any atom is 0.317 e. The van der Waals surface area contributed by atoms with Crippen LogP contribution in [0.1, 0.15) is 69.5 Å². The molecule has 0 spiro atoms. The fourth-order valence-corrected chi connectivity index (χ4v) is 4.49. The fourth-order valence-electron chi connectivity index (χ4n) is 4.49. The molecule has 2 amide bonds. The van der Waals surface area contributed by atoms with Gasteiger partial charge in [0.15, 0.2) is 0 Å². The Morgan fingerprint density at radius 1 is 1.15 bits per heavy atom. The molecule has 0 unspecified atom stereocenters. The van der Waals surface area contributed by atoms with E-state index in [2.05, 4.69) is 28.2 Å². The lowest BCUT2D eigenvalue weighted by Crippen LogP contribution is -2.59. The molecule has 1 saturated heterocycles. The summed E-state index contributed by atoms with van der Waals surface area (Å²) in [6.45, 7) is 6.05. The van der Waals surface area contributed by atoms with Crippen molar-refractivity contribution in [3.63, 3.8) is 0 Å². The highest BCUT2D eigenvalue weighted by Gasteiger charge is 2.36. The van der Waals surface area contributed by atoms with Gasteiger partial charge >= 0.3 is 6.03 Å². The summed E-state index contributed by atoms with van der Waals surface area (Å²) in [6, 6.07) is 4.18. The number of hydrogen-bond donors (Lipinski definition) is 1. The molecule has 0 radical (unpaired) electrons. The van der Waals surface area contributed by atoms with Crippen LogP contribution in [0.4, 0.5) is 4.79 Å². The molecule has 1 aliphatic carbocycles. The largest absolute Gasteiger partial charge is 0.331 e. The summed E-state index contributed by atoms with van der Waals surface area (Å²) in [7, 11) is 1.88. The van der Waals surface area contributed by atoms with Crippen molar-refractivity contribution in [1.29, 1.82) is 0 Å². The molecule has 0 bridgehead atoms. The molecular formula is C22H36N4O. The number of amides is 2. The van der Waals surface area contributed by atoms with E-state index in [0.29, 0.717) is 6.54 Å². The monoisotopic (exact) mass is 372 g/mol. The molecule has 2 aliphatic rings. The summed E-state index contributed by atoms with van der Waals surface area (Å²) in [5.74, 6) is 0. The van der Waals surface area contributed by atoms with E-state index in [1.54, 1.807) is 4.90 Å². The van der Waals surface area contributed by atoms with Gasteiger partial charge in [0.1, 0.15) is 0 Å². The zero-order valence-electron chi connectivity index (χ0n) is 17.2. The molecule has 1 aromatic rings. The topological polar surface area (TPSA) is 48.5 Å². The average Bonchev–Trinajstić information content (AvgIpc) is 2.70. The third-order valence-electron chi connectivity index (χ3n) is 6.20. The molecule has 1 aliphatic heterocycles. The Bertz CT molecular complexity index is 589. The second-order valence-corrected chi connectivity index (χ2v) is 8.48. The predicted octanol–water partition coefficient (Wildman–Crippen LogP) is 3.97. The molecule has 0 atom stereocenters. The number of rotatable bonds is 6. The van der Waals surface area contributed by atoms with E-state index in [4.69, 9.17) is 0 Å². The number of piperidine rings is 1. The Morgan fingerprint density at radius 2 is 1.85 bits per heavy atom.